The van der Waals surface area contributed by atoms with Gasteiger partial charge in [0.05, 0.1) is 11.5 Å². The number of nitrogens with one attached hydrogen (secondary N) is 1. The summed E-state index contributed by atoms with van der Waals surface area (Å²) in [5.41, 5.74) is 0.498. The first-order chi connectivity index (χ1) is 11.5. The van der Waals surface area contributed by atoms with Crippen LogP contribution in [0, 0.1) is 16.0 Å². The number of carbonyl (C=O) groups is 1. The molecule has 0 radical (unpaired) electrons. The molecule has 1 fully saturated rings. The fourth-order valence-electron chi connectivity index (χ4n) is 3.15. The lowest BCUT2D eigenvalue weighted by atomic mass is 9.93. The van der Waals surface area contributed by atoms with Crippen LogP contribution in [-0.4, -0.2) is 56.0 Å². The number of likely N-dealkylation sites (N-methyl/N-ethyl adjacent to an activating group) is 1. The van der Waals surface area contributed by atoms with Crippen LogP contribution in [0.15, 0.2) is 24.3 Å². The molecule has 0 atom stereocenters. The molecule has 1 aromatic rings. The zero-order valence-electron chi connectivity index (χ0n) is 14.8. The molecule has 1 aliphatic heterocycles. The topological polar surface area (TPSA) is 78.7 Å². The van der Waals surface area contributed by atoms with Crippen LogP contribution in [0.4, 0.5) is 11.4 Å². The summed E-state index contributed by atoms with van der Waals surface area (Å²) in [6.07, 6.45) is 3.21. The highest BCUT2D eigenvalue weighted by atomic mass is 35.5. The predicted octanol–water partition coefficient (Wildman–Crippen LogP) is 2.30. The van der Waals surface area contributed by atoms with Crippen molar-refractivity contribution >= 4 is 29.7 Å². The van der Waals surface area contributed by atoms with Gasteiger partial charge in [0.1, 0.15) is 5.69 Å². The predicted molar refractivity (Wildman–Crippen MR) is 101 cm³/mol. The van der Waals surface area contributed by atoms with Gasteiger partial charge in [-0.3, -0.25) is 14.9 Å². The number of hydrogen-bond donors (Lipinski definition) is 1. The van der Waals surface area contributed by atoms with Gasteiger partial charge in [0.25, 0.3) is 5.69 Å². The fourth-order valence-corrected chi connectivity index (χ4v) is 3.15. The number of nitro benzene ring substituents is 1. The van der Waals surface area contributed by atoms with Crippen LogP contribution < -0.4 is 10.2 Å². The van der Waals surface area contributed by atoms with E-state index in [-0.39, 0.29) is 30.5 Å². The molecule has 8 heteroatoms. The molecule has 1 saturated heterocycles. The summed E-state index contributed by atoms with van der Waals surface area (Å²) >= 11 is 0. The Morgan fingerprint density at radius 3 is 2.60 bits per heavy atom. The van der Waals surface area contributed by atoms with E-state index in [1.54, 1.807) is 30.1 Å². The van der Waals surface area contributed by atoms with Gasteiger partial charge < -0.3 is 15.1 Å². The summed E-state index contributed by atoms with van der Waals surface area (Å²) in [5, 5.41) is 14.3. The van der Waals surface area contributed by atoms with Gasteiger partial charge in [-0.25, -0.2) is 0 Å². The second-order valence-corrected chi connectivity index (χ2v) is 6.32. The van der Waals surface area contributed by atoms with Crippen molar-refractivity contribution in [2.45, 2.75) is 19.3 Å². The summed E-state index contributed by atoms with van der Waals surface area (Å²) in [6, 6.07) is 6.52. The smallest absolute Gasteiger partial charge is 0.292 e. The van der Waals surface area contributed by atoms with E-state index in [4.69, 9.17) is 0 Å². The Morgan fingerprint density at radius 1 is 1.36 bits per heavy atom. The number of para-hydroxylation sites is 2. The molecular formula is C17H27ClN4O3. The summed E-state index contributed by atoms with van der Waals surface area (Å²) in [7, 11) is 3.68. The standard InChI is InChI=1S/C17H26N4O3.ClH/c1-18-10-7-14-8-11-20(12-9-14)17(22)13-19(2)15-5-3-4-6-16(15)21(23)24;/h3-6,14,18H,7-13H2,1-2H3;1H. The summed E-state index contributed by atoms with van der Waals surface area (Å²) in [4.78, 5) is 26.7. The molecule has 1 aromatic carbocycles. The van der Waals surface area contributed by atoms with E-state index in [1.807, 2.05) is 11.9 Å². The van der Waals surface area contributed by atoms with E-state index in [0.29, 0.717) is 11.6 Å². The SMILES string of the molecule is CNCCC1CCN(C(=O)CN(C)c2ccccc2[N+](=O)[O-])CC1.Cl. The summed E-state index contributed by atoms with van der Waals surface area (Å²) in [5.74, 6) is 0.706. The highest BCUT2D eigenvalue weighted by molar-refractivity contribution is 5.85. The van der Waals surface area contributed by atoms with E-state index in [2.05, 4.69) is 5.32 Å². The van der Waals surface area contributed by atoms with Crippen molar-refractivity contribution in [3.63, 3.8) is 0 Å². The lowest BCUT2D eigenvalue weighted by molar-refractivity contribution is -0.384. The molecule has 0 unspecified atom stereocenters. The Bertz CT molecular complexity index is 577. The zero-order chi connectivity index (χ0) is 17.5. The molecule has 1 aliphatic rings. The highest BCUT2D eigenvalue weighted by Gasteiger charge is 2.24. The molecule has 140 valence electrons. The molecular weight excluding hydrogens is 344 g/mol. The largest absolute Gasteiger partial charge is 0.360 e. The average molecular weight is 371 g/mol. The zero-order valence-corrected chi connectivity index (χ0v) is 15.6. The first-order valence-corrected chi connectivity index (χ1v) is 8.40. The number of benzene rings is 1. The second-order valence-electron chi connectivity index (χ2n) is 6.32. The third-order valence-electron chi connectivity index (χ3n) is 4.63. The monoisotopic (exact) mass is 370 g/mol. The first kappa shape index (κ1) is 21.2. The van der Waals surface area contributed by atoms with E-state index in [0.717, 1.165) is 38.9 Å². The van der Waals surface area contributed by atoms with Crippen molar-refractivity contribution in [2.75, 3.05) is 45.2 Å². The van der Waals surface area contributed by atoms with Gasteiger partial charge in [-0.15, -0.1) is 12.4 Å². The van der Waals surface area contributed by atoms with E-state index in [9.17, 15) is 14.9 Å². The van der Waals surface area contributed by atoms with Crippen molar-refractivity contribution in [2.24, 2.45) is 5.92 Å². The number of likely N-dealkylation sites (tertiary alicyclic amines) is 1. The van der Waals surface area contributed by atoms with Gasteiger partial charge in [0.2, 0.25) is 5.91 Å². The summed E-state index contributed by atoms with van der Waals surface area (Å²) < 4.78 is 0. The van der Waals surface area contributed by atoms with Gasteiger partial charge in [-0.2, -0.15) is 0 Å². The molecule has 0 saturated carbocycles. The van der Waals surface area contributed by atoms with Gasteiger partial charge in [0.15, 0.2) is 0 Å². The van der Waals surface area contributed by atoms with Crippen LogP contribution in [0.5, 0.6) is 0 Å². The van der Waals surface area contributed by atoms with Crippen LogP contribution in [0.3, 0.4) is 0 Å². The van der Waals surface area contributed by atoms with Crippen LogP contribution in [0.1, 0.15) is 19.3 Å². The molecule has 0 spiro atoms. The molecule has 0 aliphatic carbocycles. The number of nitro groups is 1. The minimum absolute atomic E-state index is 0. The maximum Gasteiger partial charge on any atom is 0.292 e. The normalized spacial score (nSPS) is 14.7. The van der Waals surface area contributed by atoms with Crippen molar-refractivity contribution in [1.82, 2.24) is 10.2 Å². The summed E-state index contributed by atoms with van der Waals surface area (Å²) in [6.45, 7) is 2.72. The maximum absolute atomic E-state index is 12.5. The van der Waals surface area contributed by atoms with Crippen LogP contribution in [0.2, 0.25) is 0 Å². The third-order valence-corrected chi connectivity index (χ3v) is 4.63. The number of rotatable bonds is 7. The minimum atomic E-state index is -0.413. The van der Waals surface area contributed by atoms with Crippen molar-refractivity contribution in [3.05, 3.63) is 34.4 Å². The highest BCUT2D eigenvalue weighted by Crippen LogP contribution is 2.27. The quantitative estimate of drug-likeness (QED) is 0.588. The van der Waals surface area contributed by atoms with Gasteiger partial charge >= 0.3 is 0 Å². The number of carbonyl (C=O) groups excluding carboxylic acids is 1. The first-order valence-electron chi connectivity index (χ1n) is 8.40. The molecule has 0 aromatic heterocycles. The molecule has 0 bridgehead atoms. The average Bonchev–Trinajstić information content (AvgIpc) is 2.60. The number of hydrogen-bond acceptors (Lipinski definition) is 5. The Hall–Kier alpha value is -1.86. The van der Waals surface area contributed by atoms with Gasteiger partial charge in [0, 0.05) is 26.2 Å². The van der Waals surface area contributed by atoms with Crippen molar-refractivity contribution < 1.29 is 9.72 Å². The molecule has 2 rings (SSSR count). The molecule has 1 heterocycles. The lowest BCUT2D eigenvalue weighted by Gasteiger charge is -2.33. The number of amides is 1. The fraction of sp³-hybridized carbons (Fsp3) is 0.588. The molecule has 1 N–H and O–H groups in total. The molecule has 25 heavy (non-hydrogen) atoms. The Kier molecular flexibility index (Phi) is 8.65. The van der Waals surface area contributed by atoms with E-state index < -0.39 is 4.92 Å². The maximum atomic E-state index is 12.5. The van der Waals surface area contributed by atoms with Crippen molar-refractivity contribution in [1.29, 1.82) is 0 Å². The second kappa shape index (κ2) is 10.2. The minimum Gasteiger partial charge on any atom is -0.360 e. The Morgan fingerprint density at radius 2 is 2.00 bits per heavy atom. The van der Waals surface area contributed by atoms with E-state index >= 15 is 0 Å². The number of piperidine rings is 1. The molecule has 1 amide bonds. The van der Waals surface area contributed by atoms with Crippen LogP contribution >= 0.6 is 12.4 Å². The lowest BCUT2D eigenvalue weighted by Crippen LogP contribution is -2.43. The van der Waals surface area contributed by atoms with Crippen LogP contribution in [-0.2, 0) is 4.79 Å². The van der Waals surface area contributed by atoms with Gasteiger partial charge in [-0.1, -0.05) is 12.1 Å². The Balaban J connectivity index is 0.00000312. The third kappa shape index (κ3) is 5.86. The van der Waals surface area contributed by atoms with Crippen LogP contribution in [0.25, 0.3) is 0 Å². The van der Waals surface area contributed by atoms with Crippen molar-refractivity contribution in [3.8, 4) is 0 Å². The number of nitrogens with zero attached hydrogens (tertiary/aromatic N) is 3. The van der Waals surface area contributed by atoms with Gasteiger partial charge in [-0.05, 0) is 44.8 Å². The molecule has 7 nitrogen and oxygen atoms in total. The number of anilines is 1. The van der Waals surface area contributed by atoms with E-state index in [1.165, 1.54) is 6.07 Å². The number of halogens is 1. The Labute approximate surface area is 154 Å².